The lowest BCUT2D eigenvalue weighted by atomic mass is 9.81. The topological polar surface area (TPSA) is 76.8 Å². The molecule has 3 aromatic rings. The van der Waals surface area contributed by atoms with Crippen LogP contribution in [0.4, 0.5) is 5.69 Å². The Hall–Kier alpha value is -2.47. The average Bonchev–Trinajstić information content (AvgIpc) is 3.10. The Morgan fingerprint density at radius 3 is 2.82 bits per heavy atom. The lowest BCUT2D eigenvalue weighted by Crippen LogP contribution is -2.19. The van der Waals surface area contributed by atoms with Crippen molar-refractivity contribution >= 4 is 17.4 Å². The number of nitrogens with one attached hydrogen (secondary N) is 1. The fraction of sp³-hybridized carbons (Fsp3) is 0.364. The van der Waals surface area contributed by atoms with Crippen LogP contribution in [0.25, 0.3) is 0 Å². The van der Waals surface area contributed by atoms with E-state index in [9.17, 15) is 0 Å². The van der Waals surface area contributed by atoms with Gasteiger partial charge in [0, 0.05) is 34.2 Å². The highest BCUT2D eigenvalue weighted by atomic mass is 32.2. The summed E-state index contributed by atoms with van der Waals surface area (Å²) in [6, 6.07) is 8.69. The van der Waals surface area contributed by atoms with Gasteiger partial charge in [-0.15, -0.1) is 5.10 Å². The summed E-state index contributed by atoms with van der Waals surface area (Å²) in [6.45, 7) is 4.28. The summed E-state index contributed by atoms with van der Waals surface area (Å²) in [4.78, 5) is 4.89. The molecule has 4 heterocycles. The van der Waals surface area contributed by atoms with Crippen LogP contribution in [0.2, 0.25) is 0 Å². The first-order chi connectivity index (χ1) is 13.7. The molecule has 5 nitrogen and oxygen atoms in total. The van der Waals surface area contributed by atoms with Gasteiger partial charge in [-0.25, -0.2) is 4.98 Å². The molecule has 0 amide bonds. The van der Waals surface area contributed by atoms with Crippen molar-refractivity contribution in [3.8, 4) is 11.8 Å². The van der Waals surface area contributed by atoms with Gasteiger partial charge in [0.1, 0.15) is 0 Å². The van der Waals surface area contributed by atoms with Crippen molar-refractivity contribution in [1.29, 1.82) is 0 Å². The zero-order valence-electron chi connectivity index (χ0n) is 16.2. The zero-order chi connectivity index (χ0) is 19.3. The number of nitrogens with zero attached hydrogens (tertiary/aromatic N) is 2. The van der Waals surface area contributed by atoms with Crippen LogP contribution >= 0.6 is 11.8 Å². The van der Waals surface area contributed by atoms with E-state index < -0.39 is 0 Å². The van der Waals surface area contributed by atoms with Gasteiger partial charge in [-0.1, -0.05) is 43.2 Å². The largest absolute Gasteiger partial charge is 0.418 e. The van der Waals surface area contributed by atoms with Crippen LogP contribution in [0.1, 0.15) is 58.5 Å². The lowest BCUT2D eigenvalue weighted by molar-refractivity contribution is 0.415. The van der Waals surface area contributed by atoms with Crippen LogP contribution in [-0.2, 0) is 18.6 Å². The van der Waals surface area contributed by atoms with Crippen molar-refractivity contribution in [2.24, 2.45) is 0 Å². The second kappa shape index (κ2) is 6.85. The van der Waals surface area contributed by atoms with Crippen LogP contribution in [0, 0.1) is 6.92 Å². The summed E-state index contributed by atoms with van der Waals surface area (Å²) in [5.74, 6) is 3.24. The molecular formula is C22H24N4OS. The summed E-state index contributed by atoms with van der Waals surface area (Å²) < 4.78 is 6.19. The number of aromatic nitrogens is 3. The van der Waals surface area contributed by atoms with E-state index in [-0.39, 0.29) is 5.92 Å². The van der Waals surface area contributed by atoms with Crippen LogP contribution in [0.5, 0.6) is 11.8 Å². The summed E-state index contributed by atoms with van der Waals surface area (Å²) in [6.07, 6.45) is 2.90. The van der Waals surface area contributed by atoms with E-state index in [0.717, 1.165) is 59.0 Å². The Kier molecular flexibility index (Phi) is 4.31. The van der Waals surface area contributed by atoms with E-state index in [1.165, 1.54) is 16.7 Å². The molecule has 0 spiro atoms. The molecule has 2 aliphatic heterocycles. The van der Waals surface area contributed by atoms with Gasteiger partial charge in [-0.05, 0) is 31.1 Å². The molecule has 144 valence electrons. The number of benzene rings is 1. The maximum Gasteiger partial charge on any atom is 0.244 e. The van der Waals surface area contributed by atoms with Crippen LogP contribution in [-0.4, -0.2) is 20.9 Å². The third kappa shape index (κ3) is 2.70. The Morgan fingerprint density at radius 1 is 1.21 bits per heavy atom. The minimum absolute atomic E-state index is 0.00984. The van der Waals surface area contributed by atoms with E-state index in [4.69, 9.17) is 15.5 Å². The fourth-order valence-corrected chi connectivity index (χ4v) is 5.27. The molecule has 0 bridgehead atoms. The molecule has 1 atom stereocenters. The second-order valence-corrected chi connectivity index (χ2v) is 8.69. The number of anilines is 1. The number of H-pyrrole nitrogens is 1. The number of fused-ring (bicyclic) bond motifs is 3. The van der Waals surface area contributed by atoms with E-state index in [1.807, 2.05) is 11.8 Å². The quantitative estimate of drug-likeness (QED) is 0.527. The molecule has 6 heteroatoms. The number of pyridine rings is 1. The number of ether oxygens (including phenoxy) is 1. The first-order valence-corrected chi connectivity index (χ1v) is 11.0. The third-order valence-corrected chi connectivity index (χ3v) is 6.68. The van der Waals surface area contributed by atoms with E-state index >= 15 is 0 Å². The number of hydrogen-bond donors (Lipinski definition) is 2. The SMILES string of the molecule is CCCc1[nH]nc2c1C(c1ccc(C)cc1)c1c(nc3c(c1N)CSCC3)O2. The van der Waals surface area contributed by atoms with Gasteiger partial charge in [0.15, 0.2) is 0 Å². The number of aromatic amines is 1. The van der Waals surface area contributed by atoms with E-state index in [2.05, 4.69) is 48.3 Å². The molecule has 2 aromatic heterocycles. The zero-order valence-corrected chi connectivity index (χ0v) is 17.0. The highest BCUT2D eigenvalue weighted by Crippen LogP contribution is 2.51. The van der Waals surface area contributed by atoms with Gasteiger partial charge < -0.3 is 10.5 Å². The molecule has 0 fully saturated rings. The minimum atomic E-state index is -0.00984. The van der Waals surface area contributed by atoms with Crippen molar-refractivity contribution in [2.75, 3.05) is 11.5 Å². The summed E-state index contributed by atoms with van der Waals surface area (Å²) >= 11 is 1.92. The lowest BCUT2D eigenvalue weighted by Gasteiger charge is -2.30. The number of nitrogens with two attached hydrogens (primary N) is 1. The normalized spacial score (nSPS) is 17.4. The molecule has 2 aliphatic rings. The van der Waals surface area contributed by atoms with Crippen molar-refractivity contribution in [2.45, 2.75) is 44.8 Å². The number of thioether (sulfide) groups is 1. The van der Waals surface area contributed by atoms with E-state index in [0.29, 0.717) is 11.8 Å². The first-order valence-electron chi connectivity index (χ1n) is 9.87. The smallest absolute Gasteiger partial charge is 0.244 e. The van der Waals surface area contributed by atoms with Gasteiger partial charge in [0.2, 0.25) is 11.8 Å². The predicted molar refractivity (Wildman–Crippen MR) is 113 cm³/mol. The molecule has 28 heavy (non-hydrogen) atoms. The monoisotopic (exact) mass is 392 g/mol. The van der Waals surface area contributed by atoms with Crippen molar-refractivity contribution in [3.63, 3.8) is 0 Å². The first kappa shape index (κ1) is 17.6. The minimum Gasteiger partial charge on any atom is -0.418 e. The third-order valence-electron chi connectivity index (χ3n) is 5.69. The van der Waals surface area contributed by atoms with Crippen molar-refractivity contribution < 1.29 is 4.74 Å². The Labute approximate surface area is 169 Å². The van der Waals surface area contributed by atoms with Crippen molar-refractivity contribution in [3.05, 3.63) is 63.5 Å². The average molecular weight is 393 g/mol. The Balaban J connectivity index is 1.76. The molecule has 3 N–H and O–H groups in total. The van der Waals surface area contributed by atoms with E-state index in [1.54, 1.807) is 0 Å². The molecule has 0 saturated heterocycles. The van der Waals surface area contributed by atoms with Crippen LogP contribution in [0.3, 0.4) is 0 Å². The maximum atomic E-state index is 6.77. The highest BCUT2D eigenvalue weighted by Gasteiger charge is 2.37. The number of rotatable bonds is 3. The standard InChI is InChI=1S/C22H24N4OS/c1-3-4-16-18-17(13-7-5-12(2)6-8-13)19-20(23)14-11-28-10-9-15(14)24-21(19)27-22(18)26-25-16/h5-8,17H,3-4,9-11H2,1-2H3,(H2,23,24)(H,25,26). The number of hydrogen-bond acceptors (Lipinski definition) is 5. The fourth-order valence-electron chi connectivity index (χ4n) is 4.26. The number of aryl methyl sites for hydroxylation is 3. The van der Waals surface area contributed by atoms with Gasteiger partial charge in [0.05, 0.1) is 11.3 Å². The maximum absolute atomic E-state index is 6.77. The molecule has 1 unspecified atom stereocenters. The summed E-state index contributed by atoms with van der Waals surface area (Å²) in [5, 5.41) is 7.68. The van der Waals surface area contributed by atoms with Crippen LogP contribution in [0.15, 0.2) is 24.3 Å². The molecule has 1 aromatic carbocycles. The van der Waals surface area contributed by atoms with Crippen LogP contribution < -0.4 is 10.5 Å². The molecule has 5 rings (SSSR count). The van der Waals surface area contributed by atoms with Gasteiger partial charge in [-0.2, -0.15) is 11.8 Å². The van der Waals surface area contributed by atoms with Crippen molar-refractivity contribution in [1.82, 2.24) is 15.2 Å². The molecule has 0 radical (unpaired) electrons. The Bertz CT molecular complexity index is 1040. The summed E-state index contributed by atoms with van der Waals surface area (Å²) in [7, 11) is 0. The molecule has 0 aliphatic carbocycles. The second-order valence-electron chi connectivity index (χ2n) is 7.59. The summed E-state index contributed by atoms with van der Waals surface area (Å²) in [5.41, 5.74) is 15.5. The number of nitrogen functional groups attached to an aromatic ring is 1. The Morgan fingerprint density at radius 2 is 2.04 bits per heavy atom. The van der Waals surface area contributed by atoms with Gasteiger partial charge >= 0.3 is 0 Å². The highest BCUT2D eigenvalue weighted by molar-refractivity contribution is 7.98. The predicted octanol–water partition coefficient (Wildman–Crippen LogP) is 4.72. The molecule has 0 saturated carbocycles. The van der Waals surface area contributed by atoms with Gasteiger partial charge in [0.25, 0.3) is 0 Å². The molecular weight excluding hydrogens is 368 g/mol. The van der Waals surface area contributed by atoms with Gasteiger partial charge in [-0.3, -0.25) is 5.10 Å².